The topological polar surface area (TPSA) is 57.7 Å². The number of carbonyl (C=O) groups is 1. The van der Waals surface area contributed by atoms with E-state index in [1.54, 1.807) is 11.3 Å². The highest BCUT2D eigenvalue weighted by molar-refractivity contribution is 7.22. The van der Waals surface area contributed by atoms with Crippen LogP contribution in [-0.4, -0.2) is 61.7 Å². The molecular formula is C22H25FN4O2S. The van der Waals surface area contributed by atoms with E-state index in [4.69, 9.17) is 9.72 Å². The van der Waals surface area contributed by atoms with Crippen LogP contribution in [0.5, 0.6) is 5.75 Å². The molecule has 1 amide bonds. The van der Waals surface area contributed by atoms with Gasteiger partial charge in [0, 0.05) is 44.8 Å². The van der Waals surface area contributed by atoms with Crippen LogP contribution >= 0.6 is 11.3 Å². The number of para-hydroxylation sites is 1. The first kappa shape index (κ1) is 20.6. The molecule has 3 aromatic rings. The fourth-order valence-corrected chi connectivity index (χ4v) is 4.55. The second kappa shape index (κ2) is 9.40. The highest BCUT2D eigenvalue weighted by Gasteiger charge is 2.20. The predicted octanol–water partition coefficient (Wildman–Crippen LogP) is 3.39. The van der Waals surface area contributed by atoms with Crippen molar-refractivity contribution in [1.29, 1.82) is 0 Å². The monoisotopic (exact) mass is 428 g/mol. The minimum Gasteiger partial charge on any atom is -0.492 e. The molecule has 1 fully saturated rings. The molecule has 30 heavy (non-hydrogen) atoms. The van der Waals surface area contributed by atoms with Crippen molar-refractivity contribution >= 4 is 32.6 Å². The van der Waals surface area contributed by atoms with Gasteiger partial charge in [-0.1, -0.05) is 17.4 Å². The number of anilines is 1. The lowest BCUT2D eigenvalue weighted by atomic mass is 10.2. The molecule has 2 aromatic carbocycles. The normalized spacial score (nSPS) is 14.8. The van der Waals surface area contributed by atoms with Crippen molar-refractivity contribution in [2.24, 2.45) is 0 Å². The summed E-state index contributed by atoms with van der Waals surface area (Å²) < 4.78 is 19.8. The van der Waals surface area contributed by atoms with E-state index in [1.807, 2.05) is 19.1 Å². The number of hydrogen-bond acceptors (Lipinski definition) is 6. The van der Waals surface area contributed by atoms with Crippen LogP contribution in [0.3, 0.4) is 0 Å². The molecule has 0 unspecified atom stereocenters. The molecule has 1 aromatic heterocycles. The van der Waals surface area contributed by atoms with Crippen molar-refractivity contribution in [1.82, 2.24) is 15.2 Å². The first-order valence-electron chi connectivity index (χ1n) is 10.2. The lowest BCUT2D eigenvalue weighted by Gasteiger charge is -2.34. The number of aromatic nitrogens is 1. The summed E-state index contributed by atoms with van der Waals surface area (Å²) in [7, 11) is 0. The van der Waals surface area contributed by atoms with Crippen LogP contribution in [0, 0.1) is 5.82 Å². The number of hydrogen-bond donors (Lipinski definition) is 1. The van der Waals surface area contributed by atoms with Crippen LogP contribution in [0.1, 0.15) is 17.3 Å². The predicted molar refractivity (Wildman–Crippen MR) is 118 cm³/mol. The Morgan fingerprint density at radius 1 is 1.17 bits per heavy atom. The largest absolute Gasteiger partial charge is 0.492 e. The number of nitrogens with one attached hydrogen (secondary N) is 1. The molecule has 1 N–H and O–H groups in total. The summed E-state index contributed by atoms with van der Waals surface area (Å²) in [5, 5.41) is 3.93. The first-order valence-corrected chi connectivity index (χ1v) is 11.0. The van der Waals surface area contributed by atoms with Gasteiger partial charge in [-0.2, -0.15) is 0 Å². The fraction of sp³-hybridized carbons (Fsp3) is 0.364. The van der Waals surface area contributed by atoms with Crippen LogP contribution < -0.4 is 15.0 Å². The van der Waals surface area contributed by atoms with Gasteiger partial charge in [0.2, 0.25) is 0 Å². The summed E-state index contributed by atoms with van der Waals surface area (Å²) in [6.45, 7) is 7.59. The van der Waals surface area contributed by atoms with Gasteiger partial charge in [0.05, 0.1) is 11.3 Å². The second-order valence-corrected chi connectivity index (χ2v) is 8.13. The molecule has 0 aliphatic carbocycles. The number of fused-ring (bicyclic) bond motifs is 1. The summed E-state index contributed by atoms with van der Waals surface area (Å²) in [6.07, 6.45) is 0. The molecule has 8 heteroatoms. The zero-order valence-electron chi connectivity index (χ0n) is 16.9. The van der Waals surface area contributed by atoms with E-state index in [-0.39, 0.29) is 11.7 Å². The van der Waals surface area contributed by atoms with Crippen LogP contribution in [0.2, 0.25) is 0 Å². The van der Waals surface area contributed by atoms with Gasteiger partial charge in [0.25, 0.3) is 5.91 Å². The third-order valence-corrected chi connectivity index (χ3v) is 6.21. The molecular weight excluding hydrogens is 403 g/mol. The number of halogens is 1. The van der Waals surface area contributed by atoms with Crippen LogP contribution in [0.15, 0.2) is 42.5 Å². The van der Waals surface area contributed by atoms with E-state index < -0.39 is 0 Å². The molecule has 2 heterocycles. The number of amides is 1. The molecule has 0 bridgehead atoms. The van der Waals surface area contributed by atoms with Gasteiger partial charge in [0.15, 0.2) is 5.13 Å². The Morgan fingerprint density at radius 2 is 1.93 bits per heavy atom. The van der Waals surface area contributed by atoms with Gasteiger partial charge in [-0.3, -0.25) is 9.69 Å². The van der Waals surface area contributed by atoms with E-state index in [0.717, 1.165) is 53.8 Å². The summed E-state index contributed by atoms with van der Waals surface area (Å²) in [4.78, 5) is 21.6. The highest BCUT2D eigenvalue weighted by Crippen LogP contribution is 2.34. The van der Waals surface area contributed by atoms with Crippen LogP contribution in [0.4, 0.5) is 9.52 Å². The second-order valence-electron chi connectivity index (χ2n) is 7.12. The van der Waals surface area contributed by atoms with E-state index >= 15 is 0 Å². The third-order valence-electron chi connectivity index (χ3n) is 5.13. The Bertz CT molecular complexity index is 1000. The van der Waals surface area contributed by atoms with E-state index in [9.17, 15) is 9.18 Å². The molecule has 1 saturated heterocycles. The molecule has 158 valence electrons. The Morgan fingerprint density at radius 3 is 2.67 bits per heavy atom. The maximum Gasteiger partial charge on any atom is 0.251 e. The standard InChI is InChI=1S/C22H25FN4O2S/c1-2-29-18-4-3-5-19-20(18)25-22(30-19)27-14-12-26(13-15-27)11-10-24-21(28)16-6-8-17(23)9-7-16/h3-9H,2,10-15H2,1H3,(H,24,28). The molecule has 0 radical (unpaired) electrons. The average molecular weight is 429 g/mol. The minimum absolute atomic E-state index is 0.173. The zero-order valence-corrected chi connectivity index (χ0v) is 17.8. The van der Waals surface area contributed by atoms with Gasteiger partial charge in [-0.05, 0) is 43.3 Å². The smallest absolute Gasteiger partial charge is 0.251 e. The van der Waals surface area contributed by atoms with Gasteiger partial charge < -0.3 is 15.0 Å². The van der Waals surface area contributed by atoms with Crippen LogP contribution in [0.25, 0.3) is 10.2 Å². The van der Waals surface area contributed by atoms with Gasteiger partial charge in [-0.15, -0.1) is 0 Å². The SMILES string of the molecule is CCOc1cccc2sc(N3CCN(CCNC(=O)c4ccc(F)cc4)CC3)nc12. The minimum atomic E-state index is -0.341. The van der Waals surface area contributed by atoms with Crippen molar-refractivity contribution in [3.63, 3.8) is 0 Å². The number of nitrogens with zero attached hydrogens (tertiary/aromatic N) is 3. The number of piperazine rings is 1. The van der Waals surface area contributed by atoms with E-state index in [2.05, 4.69) is 21.2 Å². The highest BCUT2D eigenvalue weighted by atomic mass is 32.1. The van der Waals surface area contributed by atoms with Gasteiger partial charge in [-0.25, -0.2) is 9.37 Å². The molecule has 0 atom stereocenters. The number of rotatable bonds is 7. The summed E-state index contributed by atoms with van der Waals surface area (Å²) in [5.74, 6) is 0.327. The van der Waals surface area contributed by atoms with Crippen molar-refractivity contribution in [2.45, 2.75) is 6.92 Å². The Balaban J connectivity index is 1.27. The Kier molecular flexibility index (Phi) is 6.44. The summed E-state index contributed by atoms with van der Waals surface area (Å²) in [5.41, 5.74) is 1.41. The number of ether oxygens (including phenoxy) is 1. The summed E-state index contributed by atoms with van der Waals surface area (Å²) in [6, 6.07) is 11.7. The average Bonchev–Trinajstić information content (AvgIpc) is 3.20. The van der Waals surface area contributed by atoms with Crippen LogP contribution in [-0.2, 0) is 0 Å². The maximum absolute atomic E-state index is 13.0. The van der Waals surface area contributed by atoms with E-state index in [1.165, 1.54) is 24.3 Å². The molecule has 1 aliphatic rings. The Hall–Kier alpha value is -2.71. The maximum atomic E-state index is 13.0. The Labute approximate surface area is 179 Å². The molecule has 1 aliphatic heterocycles. The summed E-state index contributed by atoms with van der Waals surface area (Å²) >= 11 is 1.70. The fourth-order valence-electron chi connectivity index (χ4n) is 3.51. The molecule has 6 nitrogen and oxygen atoms in total. The van der Waals surface area contributed by atoms with Crippen molar-refractivity contribution in [3.8, 4) is 5.75 Å². The number of carbonyl (C=O) groups excluding carboxylic acids is 1. The van der Waals surface area contributed by atoms with Gasteiger partial charge >= 0.3 is 0 Å². The number of thiazole rings is 1. The third kappa shape index (κ3) is 4.71. The van der Waals surface area contributed by atoms with E-state index in [0.29, 0.717) is 18.7 Å². The first-order chi connectivity index (χ1) is 14.6. The molecule has 4 rings (SSSR count). The lowest BCUT2D eigenvalue weighted by molar-refractivity contribution is 0.0947. The van der Waals surface area contributed by atoms with Crippen molar-refractivity contribution in [3.05, 3.63) is 53.8 Å². The molecule has 0 spiro atoms. The molecule has 0 saturated carbocycles. The van der Waals surface area contributed by atoms with Crippen molar-refractivity contribution in [2.75, 3.05) is 50.8 Å². The lowest BCUT2D eigenvalue weighted by Crippen LogP contribution is -2.48. The number of benzene rings is 2. The quantitative estimate of drug-likeness (QED) is 0.625. The zero-order chi connectivity index (χ0) is 20.9. The van der Waals surface area contributed by atoms with Gasteiger partial charge in [0.1, 0.15) is 17.1 Å². The van der Waals surface area contributed by atoms with Crippen molar-refractivity contribution < 1.29 is 13.9 Å².